The van der Waals surface area contributed by atoms with E-state index >= 15 is 9.59 Å². The number of thiocarbonyl (C=S) groups is 1. The van der Waals surface area contributed by atoms with Crippen molar-refractivity contribution in [1.29, 1.82) is 0 Å². The minimum absolute atomic E-state index is 0.0321. The van der Waals surface area contributed by atoms with E-state index in [0.29, 0.717) is 6.42 Å². The van der Waals surface area contributed by atoms with E-state index in [1.807, 2.05) is 68.4 Å². The first-order valence-corrected chi connectivity index (χ1v) is 31.0. The van der Waals surface area contributed by atoms with Crippen molar-refractivity contribution in [2.75, 3.05) is 55.9 Å². The van der Waals surface area contributed by atoms with Crippen molar-refractivity contribution < 1.29 is 53.1 Å². The van der Waals surface area contributed by atoms with Gasteiger partial charge in [0, 0.05) is 49.3 Å². The maximum atomic E-state index is 15.1. The summed E-state index contributed by atoms with van der Waals surface area (Å²) in [7, 11) is 10.1. The summed E-state index contributed by atoms with van der Waals surface area (Å²) in [5, 5.41) is 23.7. The zero-order chi connectivity index (χ0) is 66.0. The molecular weight excluding hydrogens is 1110 g/mol. The van der Waals surface area contributed by atoms with Crippen LogP contribution in [0.25, 0.3) is 0 Å². The Kier molecular flexibility index (Phi) is 32.0. The van der Waals surface area contributed by atoms with E-state index in [2.05, 4.69) is 21.3 Å². The Bertz CT molecular complexity index is 2330. The number of nitrogens with zero attached hydrogens (tertiary/aromatic N) is 7. The smallest absolute Gasteiger partial charge is 0.246 e. The van der Waals surface area contributed by atoms with Crippen molar-refractivity contribution >= 4 is 76.3 Å². The molecule has 0 unspecified atom stereocenters. The maximum Gasteiger partial charge on any atom is 0.246 e. The molecule has 1 saturated heterocycles. The van der Waals surface area contributed by atoms with Crippen LogP contribution in [0.5, 0.6) is 0 Å². The van der Waals surface area contributed by atoms with Crippen LogP contribution in [0.4, 0.5) is 0 Å². The summed E-state index contributed by atoms with van der Waals surface area (Å²) in [6, 6.07) is -11.4. The first-order valence-electron chi connectivity index (χ1n) is 30.6. The molecule has 0 radical (unpaired) electrons. The van der Waals surface area contributed by atoms with Gasteiger partial charge in [-0.2, -0.15) is 0 Å². The van der Waals surface area contributed by atoms with Crippen molar-refractivity contribution in [2.45, 2.75) is 223 Å². The number of nitrogens with one attached hydrogen (secondary N) is 4. The summed E-state index contributed by atoms with van der Waals surface area (Å²) >= 11 is 5.78. The van der Waals surface area contributed by atoms with Crippen LogP contribution < -0.4 is 21.3 Å². The van der Waals surface area contributed by atoms with Crippen LogP contribution in [0, 0.1) is 41.4 Å². The van der Waals surface area contributed by atoms with Gasteiger partial charge in [-0.05, 0) is 101 Å². The second-order valence-electron chi connectivity index (χ2n) is 26.1. The normalized spacial score (nSPS) is 26.9. The van der Waals surface area contributed by atoms with Gasteiger partial charge in [0.25, 0.3) is 0 Å². The highest BCUT2D eigenvalue weighted by atomic mass is 32.1. The topological polar surface area (TPSA) is 262 Å². The largest absolute Gasteiger partial charge is 0.390 e. The molecule has 0 aromatic carbocycles. The molecule has 12 atom stereocenters. The zero-order valence-electron chi connectivity index (χ0n) is 56.1. The molecule has 1 fully saturated rings. The van der Waals surface area contributed by atoms with Gasteiger partial charge in [-0.15, -0.1) is 0 Å². The highest BCUT2D eigenvalue weighted by Crippen LogP contribution is 2.26. The number of allylic oxidation sites excluding steroid dienone is 2. The molecule has 1 heterocycles. The van der Waals surface area contributed by atoms with E-state index in [1.54, 1.807) is 61.5 Å². The molecule has 1 aliphatic rings. The molecule has 0 aromatic heterocycles. The third kappa shape index (κ3) is 21.9. The first-order chi connectivity index (χ1) is 39.2. The molecule has 486 valence electrons. The van der Waals surface area contributed by atoms with Crippen LogP contribution in [-0.2, 0) is 47.9 Å². The van der Waals surface area contributed by atoms with Gasteiger partial charge >= 0.3 is 0 Å². The zero-order valence-corrected chi connectivity index (χ0v) is 56.9. The SMILES string of the molecule is C/C=C/C[C@@H](C)[C@@H](O)[C@H]1C(=O)N[C@@H](CC)C(=O)N(C)CC(=O)N(C)[C@@H](CC(C)C)C(=O)N[C@@H](C(C)C)C(=O)N(C)[C@@H](CC(C)C)C(=O)N[C@@H](C)C(=S)N[C@H](C)C(=O)N(C)[C@@H](CC(C)C)C(=O)N(C)[C@@H](CC(C)C)C(=O)N(C)[C@@H](C(C)C)C(=O)N1C. The average molecular weight is 1220 g/mol. The van der Waals surface area contributed by atoms with Gasteiger partial charge in [0.1, 0.15) is 54.4 Å². The molecule has 5 N–H and O–H groups in total. The maximum absolute atomic E-state index is 15.1. The number of hydrogen-bond donors (Lipinski definition) is 5. The highest BCUT2D eigenvalue weighted by molar-refractivity contribution is 7.80. The summed E-state index contributed by atoms with van der Waals surface area (Å²) in [5.74, 6) is -8.30. The predicted molar refractivity (Wildman–Crippen MR) is 336 cm³/mol. The van der Waals surface area contributed by atoms with E-state index in [4.69, 9.17) is 12.2 Å². The van der Waals surface area contributed by atoms with Crippen molar-refractivity contribution in [3.8, 4) is 0 Å². The van der Waals surface area contributed by atoms with Crippen molar-refractivity contribution in [3.05, 3.63) is 12.2 Å². The lowest BCUT2D eigenvalue weighted by molar-refractivity contribution is -0.157. The van der Waals surface area contributed by atoms with Gasteiger partial charge in [0.2, 0.25) is 59.1 Å². The van der Waals surface area contributed by atoms with E-state index in [9.17, 15) is 43.5 Å². The third-order valence-electron chi connectivity index (χ3n) is 16.1. The number of amides is 10. The van der Waals surface area contributed by atoms with Crippen LogP contribution in [0.15, 0.2) is 12.2 Å². The number of hydrogen-bond acceptors (Lipinski definition) is 12. The van der Waals surface area contributed by atoms with Crippen LogP contribution in [0.1, 0.15) is 156 Å². The van der Waals surface area contributed by atoms with Crippen molar-refractivity contribution in [3.63, 3.8) is 0 Å². The molecular formula is C62H111N11O11S. The molecule has 85 heavy (non-hydrogen) atoms. The number of aliphatic hydroxyl groups is 1. The number of likely N-dealkylation sites (N-methyl/N-ethyl adjacent to an activating group) is 7. The number of rotatable bonds is 15. The molecule has 10 amide bonds. The Morgan fingerprint density at radius 2 is 0.918 bits per heavy atom. The van der Waals surface area contributed by atoms with E-state index in [-0.39, 0.29) is 60.8 Å². The molecule has 23 heteroatoms. The van der Waals surface area contributed by atoms with Crippen LogP contribution in [-0.4, -0.2) is 226 Å². The molecule has 0 aliphatic carbocycles. The highest BCUT2D eigenvalue weighted by Gasteiger charge is 2.45. The molecule has 0 bridgehead atoms. The Hall–Kier alpha value is -5.71. The summed E-state index contributed by atoms with van der Waals surface area (Å²) in [6.07, 6.45) is 3.26. The Labute approximate surface area is 515 Å². The van der Waals surface area contributed by atoms with Crippen LogP contribution in [0.2, 0.25) is 0 Å². The summed E-state index contributed by atoms with van der Waals surface area (Å²) in [5.41, 5.74) is 0. The van der Waals surface area contributed by atoms with E-state index in [0.717, 1.165) is 9.80 Å². The third-order valence-corrected chi connectivity index (χ3v) is 16.5. The van der Waals surface area contributed by atoms with Gasteiger partial charge in [0.15, 0.2) is 0 Å². The minimum Gasteiger partial charge on any atom is -0.390 e. The van der Waals surface area contributed by atoms with Gasteiger partial charge in [-0.1, -0.05) is 121 Å². The Morgan fingerprint density at radius 1 is 0.494 bits per heavy atom. The second-order valence-corrected chi connectivity index (χ2v) is 26.5. The van der Waals surface area contributed by atoms with Gasteiger partial charge in [-0.25, -0.2) is 0 Å². The van der Waals surface area contributed by atoms with E-state index < -0.39 is 150 Å². The fourth-order valence-electron chi connectivity index (χ4n) is 10.7. The molecule has 0 aromatic rings. The average Bonchev–Trinajstić information content (AvgIpc) is 3.62. The van der Waals surface area contributed by atoms with Crippen molar-refractivity contribution in [1.82, 2.24) is 55.6 Å². The van der Waals surface area contributed by atoms with Crippen molar-refractivity contribution in [2.24, 2.45) is 41.4 Å². The fraction of sp³-hybridized carbons (Fsp3) is 0.790. The Morgan fingerprint density at radius 3 is 1.36 bits per heavy atom. The lowest BCUT2D eigenvalue weighted by Gasteiger charge is -2.41. The first kappa shape index (κ1) is 77.3. The Balaban J connectivity index is 4.32. The van der Waals surface area contributed by atoms with Gasteiger partial charge < -0.3 is 60.7 Å². The minimum atomic E-state index is -1.60. The molecule has 22 nitrogen and oxygen atoms in total. The van der Waals surface area contributed by atoms with Crippen LogP contribution >= 0.6 is 12.2 Å². The number of aliphatic hydroxyl groups excluding tert-OH is 1. The summed E-state index contributed by atoms with van der Waals surface area (Å²) in [6.45, 7) is 30.0. The molecule has 0 spiro atoms. The number of carbonyl (C=O) groups is 10. The molecule has 1 rings (SSSR count). The monoisotopic (exact) mass is 1220 g/mol. The quantitative estimate of drug-likeness (QED) is 0.115. The predicted octanol–water partition coefficient (Wildman–Crippen LogP) is 4.07. The van der Waals surface area contributed by atoms with Gasteiger partial charge in [-0.3, -0.25) is 47.9 Å². The second kappa shape index (κ2) is 35.2. The lowest BCUT2D eigenvalue weighted by Crippen LogP contribution is -2.63. The molecule has 0 saturated carbocycles. The standard InChI is InChI=1S/C62H111N11O11S/c1-25-27-28-40(15)52(75)51-55(78)65-43(26-2)58(80)67(18)33-48(74)68(19)44(29-34(3)4)54(77)66-49(38(11)12)61(83)69(20)45(30-35(5)6)53(76)63-41(16)56(85)64-42(17)57(79)70(21)46(31-36(7)8)59(81)71(22)47(32-37(9)10)60(82)72(23)50(39(13)14)62(84)73(51)24/h25,27,34-47,49-52,75H,26,28-33H2,1-24H3,(H,63,76)(H,64,85)(H,65,78)(H,66,77)/b27-25+/t40-,41+,42-,43+,44+,45+,46+,47+,49+,50+,51+,52-/m1/s1. The lowest BCUT2D eigenvalue weighted by atomic mass is 9.91. The summed E-state index contributed by atoms with van der Waals surface area (Å²) < 4.78 is 0. The fourth-order valence-corrected chi connectivity index (χ4v) is 10.9. The van der Waals surface area contributed by atoms with Crippen LogP contribution in [0.3, 0.4) is 0 Å². The summed E-state index contributed by atoms with van der Waals surface area (Å²) in [4.78, 5) is 155. The number of carbonyl (C=O) groups excluding carboxylic acids is 10. The van der Waals surface area contributed by atoms with Gasteiger partial charge in [0.05, 0.1) is 23.7 Å². The van der Waals surface area contributed by atoms with E-state index in [1.165, 1.54) is 73.8 Å². The molecule has 1 aliphatic heterocycles.